The minimum atomic E-state index is -3.98. The van der Waals surface area contributed by atoms with Crippen LogP contribution >= 0.6 is 0 Å². The van der Waals surface area contributed by atoms with Crippen molar-refractivity contribution < 1.29 is 18.0 Å². The fraction of sp³-hybridized carbons (Fsp3) is 0.200. The van der Waals surface area contributed by atoms with E-state index in [4.69, 9.17) is 0 Å². The first-order chi connectivity index (χ1) is 13.3. The molecule has 2 N–H and O–H groups in total. The van der Waals surface area contributed by atoms with Crippen molar-refractivity contribution >= 4 is 32.7 Å². The summed E-state index contributed by atoms with van der Waals surface area (Å²) in [5, 5.41) is 3.63. The Labute approximate surface area is 163 Å². The summed E-state index contributed by atoms with van der Waals surface area (Å²) in [5.74, 6) is -0.788. The maximum absolute atomic E-state index is 12.5. The van der Waals surface area contributed by atoms with Crippen LogP contribution in [0.5, 0.6) is 0 Å². The maximum atomic E-state index is 12.5. The van der Waals surface area contributed by atoms with E-state index in [1.165, 1.54) is 19.1 Å². The molecule has 0 aliphatic carbocycles. The Morgan fingerprint density at radius 2 is 1.71 bits per heavy atom. The molecule has 3 rings (SSSR count). The molecule has 0 saturated heterocycles. The number of hydrogen-bond acceptors (Lipinski definition) is 4. The van der Waals surface area contributed by atoms with Gasteiger partial charge in [0.05, 0.1) is 4.90 Å². The number of hydrogen-bond donors (Lipinski definition) is 2. The molecule has 0 radical (unpaired) electrons. The van der Waals surface area contributed by atoms with Crippen LogP contribution in [0.3, 0.4) is 0 Å². The number of amides is 2. The van der Waals surface area contributed by atoms with E-state index in [1.807, 2.05) is 37.3 Å². The van der Waals surface area contributed by atoms with Gasteiger partial charge < -0.3 is 9.88 Å². The smallest absolute Gasteiger partial charge is 0.264 e. The third-order valence-electron chi connectivity index (χ3n) is 4.34. The van der Waals surface area contributed by atoms with Crippen molar-refractivity contribution in [3.8, 4) is 0 Å². The number of aromatic nitrogens is 1. The number of carbonyl (C=O) groups is 2. The molecule has 0 aliphatic heterocycles. The van der Waals surface area contributed by atoms with Gasteiger partial charge in [0.15, 0.2) is 0 Å². The highest BCUT2D eigenvalue weighted by Gasteiger charge is 2.19. The number of fused-ring (bicyclic) bond motifs is 1. The Morgan fingerprint density at radius 1 is 1.04 bits per heavy atom. The number of rotatable bonds is 6. The van der Waals surface area contributed by atoms with Crippen LogP contribution in [-0.2, 0) is 32.7 Å². The van der Waals surface area contributed by atoms with E-state index in [9.17, 15) is 18.0 Å². The monoisotopic (exact) mass is 399 g/mol. The molecule has 2 aromatic carbocycles. The van der Waals surface area contributed by atoms with Gasteiger partial charge in [0.25, 0.3) is 15.9 Å². The van der Waals surface area contributed by atoms with Crippen molar-refractivity contribution in [1.29, 1.82) is 0 Å². The number of nitrogens with one attached hydrogen (secondary N) is 2. The largest absolute Gasteiger partial charge is 0.352 e. The van der Waals surface area contributed by atoms with Crippen molar-refractivity contribution in [3.05, 3.63) is 65.9 Å². The van der Waals surface area contributed by atoms with Crippen molar-refractivity contribution in [1.82, 2.24) is 14.6 Å². The molecule has 2 amide bonds. The highest BCUT2D eigenvalue weighted by atomic mass is 32.2. The van der Waals surface area contributed by atoms with Gasteiger partial charge >= 0.3 is 0 Å². The molecule has 0 unspecified atom stereocenters. The molecule has 7 nitrogen and oxygen atoms in total. The van der Waals surface area contributed by atoms with E-state index in [2.05, 4.69) is 10.0 Å². The minimum Gasteiger partial charge on any atom is -0.352 e. The van der Waals surface area contributed by atoms with E-state index < -0.39 is 15.9 Å². The molecule has 146 valence electrons. The summed E-state index contributed by atoms with van der Waals surface area (Å²) in [6.07, 6.45) is 0. The first-order valence-corrected chi connectivity index (χ1v) is 10.2. The van der Waals surface area contributed by atoms with E-state index >= 15 is 0 Å². The summed E-state index contributed by atoms with van der Waals surface area (Å²) < 4.78 is 28.9. The fourth-order valence-corrected chi connectivity index (χ4v) is 3.93. The topological polar surface area (TPSA) is 97.3 Å². The number of aryl methyl sites for hydroxylation is 1. The van der Waals surface area contributed by atoms with Crippen LogP contribution in [-0.4, -0.2) is 24.8 Å². The molecule has 0 atom stereocenters. The lowest BCUT2D eigenvalue weighted by atomic mass is 10.2. The van der Waals surface area contributed by atoms with Crippen LogP contribution in [0, 0.1) is 6.92 Å². The van der Waals surface area contributed by atoms with Crippen LogP contribution < -0.4 is 10.0 Å². The number of sulfonamides is 1. The lowest BCUT2D eigenvalue weighted by molar-refractivity contribution is -0.120. The third kappa shape index (κ3) is 4.40. The molecule has 0 aliphatic rings. The second-order valence-corrected chi connectivity index (χ2v) is 8.20. The summed E-state index contributed by atoms with van der Waals surface area (Å²) in [7, 11) is -3.98. The van der Waals surface area contributed by atoms with Gasteiger partial charge in [-0.05, 0) is 42.1 Å². The van der Waals surface area contributed by atoms with Gasteiger partial charge in [-0.25, -0.2) is 13.1 Å². The average Bonchev–Trinajstić information content (AvgIpc) is 2.95. The van der Waals surface area contributed by atoms with Gasteiger partial charge in [-0.2, -0.15) is 0 Å². The Kier molecular flexibility index (Phi) is 5.51. The fourth-order valence-electron chi connectivity index (χ4n) is 2.96. The molecule has 0 saturated carbocycles. The minimum absolute atomic E-state index is 0.0125. The molecule has 1 heterocycles. The summed E-state index contributed by atoms with van der Waals surface area (Å²) >= 11 is 0. The van der Waals surface area contributed by atoms with Crippen molar-refractivity contribution in [2.24, 2.45) is 0 Å². The second kappa shape index (κ2) is 7.85. The SMILES string of the molecule is CC(=O)NCc1ccc(S(=O)(=O)NC(=O)Cn2c(C)cc3ccccc32)cc1. The van der Waals surface area contributed by atoms with Crippen LogP contribution in [0.25, 0.3) is 10.9 Å². The van der Waals surface area contributed by atoms with Gasteiger partial charge in [-0.15, -0.1) is 0 Å². The zero-order valence-corrected chi connectivity index (χ0v) is 16.4. The van der Waals surface area contributed by atoms with Gasteiger partial charge in [0.2, 0.25) is 5.91 Å². The van der Waals surface area contributed by atoms with E-state index in [0.717, 1.165) is 22.2 Å². The van der Waals surface area contributed by atoms with Gasteiger partial charge in [-0.1, -0.05) is 30.3 Å². The number of para-hydroxylation sites is 1. The Balaban J connectivity index is 1.72. The lowest BCUT2D eigenvalue weighted by Gasteiger charge is -2.11. The first kappa shape index (κ1) is 19.6. The van der Waals surface area contributed by atoms with Crippen molar-refractivity contribution in [3.63, 3.8) is 0 Å². The van der Waals surface area contributed by atoms with Crippen LogP contribution in [0.4, 0.5) is 0 Å². The average molecular weight is 399 g/mol. The third-order valence-corrected chi connectivity index (χ3v) is 5.73. The number of benzene rings is 2. The molecule has 0 bridgehead atoms. The predicted octanol–water partition coefficient (Wildman–Crippen LogP) is 2.09. The molecular formula is C20H21N3O4S. The molecule has 0 fully saturated rings. The van der Waals surface area contributed by atoms with Crippen molar-refractivity contribution in [2.45, 2.75) is 31.8 Å². The van der Waals surface area contributed by atoms with Crippen LogP contribution in [0.15, 0.2) is 59.5 Å². The van der Waals surface area contributed by atoms with Gasteiger partial charge in [0, 0.05) is 24.7 Å². The quantitative estimate of drug-likeness (QED) is 0.663. The maximum Gasteiger partial charge on any atom is 0.264 e. The molecule has 28 heavy (non-hydrogen) atoms. The van der Waals surface area contributed by atoms with E-state index in [1.54, 1.807) is 16.7 Å². The molecule has 3 aromatic rings. The molecule has 8 heteroatoms. The van der Waals surface area contributed by atoms with E-state index in [-0.39, 0.29) is 17.3 Å². The normalized spacial score (nSPS) is 11.4. The summed E-state index contributed by atoms with van der Waals surface area (Å²) in [6.45, 7) is 3.49. The first-order valence-electron chi connectivity index (χ1n) is 8.70. The summed E-state index contributed by atoms with van der Waals surface area (Å²) in [5.41, 5.74) is 2.50. The molecule has 0 spiro atoms. The highest BCUT2D eigenvalue weighted by Crippen LogP contribution is 2.19. The van der Waals surface area contributed by atoms with Gasteiger partial charge in [0.1, 0.15) is 6.54 Å². The Hall–Kier alpha value is -3.13. The standard InChI is InChI=1S/C20H21N3O4S/c1-14-11-17-5-3-4-6-19(17)23(14)13-20(25)22-28(26,27)18-9-7-16(8-10-18)12-21-15(2)24/h3-11H,12-13H2,1-2H3,(H,21,24)(H,22,25). The van der Waals surface area contributed by atoms with Crippen molar-refractivity contribution in [2.75, 3.05) is 0 Å². The zero-order chi connectivity index (χ0) is 20.3. The molecular weight excluding hydrogens is 378 g/mol. The van der Waals surface area contributed by atoms with Crippen LogP contribution in [0.1, 0.15) is 18.2 Å². The number of nitrogens with zero attached hydrogens (tertiary/aromatic N) is 1. The predicted molar refractivity (Wildman–Crippen MR) is 106 cm³/mol. The summed E-state index contributed by atoms with van der Waals surface area (Å²) in [6, 6.07) is 15.6. The van der Waals surface area contributed by atoms with Crippen LogP contribution in [0.2, 0.25) is 0 Å². The second-order valence-electron chi connectivity index (χ2n) is 6.51. The molecule has 1 aromatic heterocycles. The van der Waals surface area contributed by atoms with E-state index in [0.29, 0.717) is 6.54 Å². The Bertz CT molecular complexity index is 1130. The Morgan fingerprint density at radius 3 is 2.39 bits per heavy atom. The lowest BCUT2D eigenvalue weighted by Crippen LogP contribution is -2.33. The number of carbonyl (C=O) groups excluding carboxylic acids is 2. The van der Waals surface area contributed by atoms with Gasteiger partial charge in [-0.3, -0.25) is 9.59 Å². The summed E-state index contributed by atoms with van der Waals surface area (Å²) in [4.78, 5) is 23.3. The highest BCUT2D eigenvalue weighted by molar-refractivity contribution is 7.90. The zero-order valence-electron chi connectivity index (χ0n) is 15.6.